The number of hydrogen-bond acceptors (Lipinski definition) is 7. The molecule has 1 amide bonds. The average molecular weight is 432 g/mol. The molecule has 0 saturated heterocycles. The number of amides is 1. The Morgan fingerprint density at radius 2 is 1.77 bits per heavy atom. The number of hydrogen-bond donors (Lipinski definition) is 0. The average Bonchev–Trinajstić information content (AvgIpc) is 3.43. The number of aryl methyl sites for hydroxylation is 1. The predicted molar refractivity (Wildman–Crippen MR) is 120 cm³/mol. The van der Waals surface area contributed by atoms with Crippen molar-refractivity contribution in [2.75, 3.05) is 45.3 Å². The Morgan fingerprint density at radius 1 is 1.07 bits per heavy atom. The maximum Gasteiger partial charge on any atom is 0.278 e. The van der Waals surface area contributed by atoms with Crippen molar-refractivity contribution in [1.29, 1.82) is 0 Å². The van der Waals surface area contributed by atoms with E-state index >= 15 is 0 Å². The van der Waals surface area contributed by atoms with Crippen LogP contribution >= 0.6 is 11.3 Å². The van der Waals surface area contributed by atoms with Gasteiger partial charge in [-0.1, -0.05) is 25.2 Å². The quantitative estimate of drug-likeness (QED) is 0.489. The number of carbonyl (C=O) groups excluding carboxylic acids is 1. The van der Waals surface area contributed by atoms with E-state index in [1.165, 1.54) is 11.3 Å². The number of ether oxygens (including phenoxy) is 2. The van der Waals surface area contributed by atoms with Crippen LogP contribution in [0.2, 0.25) is 0 Å². The summed E-state index contributed by atoms with van der Waals surface area (Å²) in [5.74, 6) is 1.26. The molecular weight excluding hydrogens is 402 g/mol. The molecular formula is C21H29N5O3S. The number of rotatable bonds is 10. The zero-order valence-corrected chi connectivity index (χ0v) is 19.0. The Labute approximate surface area is 181 Å². The summed E-state index contributed by atoms with van der Waals surface area (Å²) in [6.07, 6.45) is 1.66. The van der Waals surface area contributed by atoms with Crippen molar-refractivity contribution in [1.82, 2.24) is 19.7 Å². The van der Waals surface area contributed by atoms with E-state index in [0.717, 1.165) is 24.3 Å². The van der Waals surface area contributed by atoms with E-state index in [9.17, 15) is 4.79 Å². The van der Waals surface area contributed by atoms with Crippen molar-refractivity contribution in [3.05, 3.63) is 30.1 Å². The van der Waals surface area contributed by atoms with Crippen molar-refractivity contribution in [2.24, 2.45) is 0 Å². The smallest absolute Gasteiger partial charge is 0.278 e. The van der Waals surface area contributed by atoms with Crippen LogP contribution in [0.25, 0.3) is 10.2 Å². The van der Waals surface area contributed by atoms with Crippen LogP contribution in [0.1, 0.15) is 31.3 Å². The van der Waals surface area contributed by atoms with Gasteiger partial charge in [0.1, 0.15) is 27.4 Å². The van der Waals surface area contributed by atoms with E-state index < -0.39 is 0 Å². The molecule has 3 aromatic rings. The Hall–Kier alpha value is -2.65. The van der Waals surface area contributed by atoms with Gasteiger partial charge in [0.2, 0.25) is 0 Å². The van der Waals surface area contributed by atoms with E-state index in [2.05, 4.69) is 23.8 Å². The molecule has 0 spiro atoms. The van der Waals surface area contributed by atoms with Crippen LogP contribution in [0, 0.1) is 0 Å². The van der Waals surface area contributed by atoms with E-state index in [-0.39, 0.29) is 5.91 Å². The molecule has 9 heteroatoms. The van der Waals surface area contributed by atoms with Crippen molar-refractivity contribution < 1.29 is 14.3 Å². The molecule has 3 rings (SSSR count). The lowest BCUT2D eigenvalue weighted by atomic mass is 10.3. The first kappa shape index (κ1) is 22.0. The number of thiazole rings is 1. The minimum Gasteiger partial charge on any atom is -0.495 e. The highest BCUT2D eigenvalue weighted by atomic mass is 32.1. The van der Waals surface area contributed by atoms with Gasteiger partial charge in [-0.15, -0.1) is 0 Å². The molecule has 0 bridgehead atoms. The zero-order chi connectivity index (χ0) is 21.7. The fourth-order valence-corrected chi connectivity index (χ4v) is 4.46. The van der Waals surface area contributed by atoms with Gasteiger partial charge in [0.25, 0.3) is 5.91 Å². The number of aromatic nitrogens is 3. The molecule has 0 aliphatic heterocycles. The fraction of sp³-hybridized carbons (Fsp3) is 0.476. The van der Waals surface area contributed by atoms with Gasteiger partial charge in [-0.3, -0.25) is 14.4 Å². The molecule has 162 valence electrons. The highest BCUT2D eigenvalue weighted by Crippen LogP contribution is 2.40. The first-order valence-electron chi connectivity index (χ1n) is 10.1. The minimum absolute atomic E-state index is 0.113. The van der Waals surface area contributed by atoms with Crippen molar-refractivity contribution in [3.63, 3.8) is 0 Å². The summed E-state index contributed by atoms with van der Waals surface area (Å²) < 4.78 is 13.6. The third-order valence-electron chi connectivity index (χ3n) is 5.14. The lowest BCUT2D eigenvalue weighted by Crippen LogP contribution is -2.39. The first-order valence-corrected chi connectivity index (χ1v) is 11.0. The molecule has 0 aliphatic carbocycles. The summed E-state index contributed by atoms with van der Waals surface area (Å²) in [6, 6.07) is 5.45. The molecule has 0 saturated carbocycles. The topological polar surface area (TPSA) is 72.7 Å². The van der Waals surface area contributed by atoms with Crippen LogP contribution in [-0.2, 0) is 6.54 Å². The van der Waals surface area contributed by atoms with E-state index in [1.807, 2.05) is 19.1 Å². The summed E-state index contributed by atoms with van der Waals surface area (Å²) in [7, 11) is 3.24. The summed E-state index contributed by atoms with van der Waals surface area (Å²) in [5.41, 5.74) is 1.25. The Morgan fingerprint density at radius 3 is 2.40 bits per heavy atom. The van der Waals surface area contributed by atoms with Gasteiger partial charge in [-0.05, 0) is 38.2 Å². The fourth-order valence-electron chi connectivity index (χ4n) is 3.36. The number of fused-ring (bicyclic) bond motifs is 1. The van der Waals surface area contributed by atoms with Crippen LogP contribution in [0.15, 0.2) is 24.4 Å². The number of nitrogens with zero attached hydrogens (tertiary/aromatic N) is 5. The summed E-state index contributed by atoms with van der Waals surface area (Å²) >= 11 is 1.43. The SMILES string of the molecule is CCN(CC)CCN(C(=O)c1ccnn1CC)c1nc2c(OC)ccc(OC)c2s1. The highest BCUT2D eigenvalue weighted by molar-refractivity contribution is 7.22. The van der Waals surface area contributed by atoms with Crippen molar-refractivity contribution >= 4 is 32.6 Å². The van der Waals surface area contributed by atoms with E-state index in [1.54, 1.807) is 36.1 Å². The predicted octanol–water partition coefficient (Wildman–Crippen LogP) is 3.52. The van der Waals surface area contributed by atoms with Gasteiger partial charge >= 0.3 is 0 Å². The minimum atomic E-state index is -0.113. The van der Waals surface area contributed by atoms with Crippen LogP contribution in [0.4, 0.5) is 5.13 Å². The summed E-state index contributed by atoms with van der Waals surface area (Å²) in [5, 5.41) is 4.88. The van der Waals surface area contributed by atoms with Crippen LogP contribution in [-0.4, -0.2) is 66.0 Å². The van der Waals surface area contributed by atoms with Gasteiger partial charge < -0.3 is 14.4 Å². The molecule has 1 aromatic carbocycles. The Bertz CT molecular complexity index is 955. The van der Waals surface area contributed by atoms with Crippen molar-refractivity contribution in [3.8, 4) is 11.5 Å². The normalized spacial score (nSPS) is 11.3. The van der Waals surface area contributed by atoms with Gasteiger partial charge in [0.15, 0.2) is 5.13 Å². The summed E-state index contributed by atoms with van der Waals surface area (Å²) in [6.45, 7) is 9.96. The highest BCUT2D eigenvalue weighted by Gasteiger charge is 2.26. The van der Waals surface area contributed by atoms with Gasteiger partial charge in [0.05, 0.1) is 14.2 Å². The van der Waals surface area contributed by atoms with Gasteiger partial charge in [-0.25, -0.2) is 4.98 Å². The lowest BCUT2D eigenvalue weighted by Gasteiger charge is -2.24. The van der Waals surface area contributed by atoms with Crippen LogP contribution in [0.3, 0.4) is 0 Å². The number of benzene rings is 1. The molecule has 0 fully saturated rings. The number of anilines is 1. The second kappa shape index (κ2) is 9.90. The molecule has 2 aromatic heterocycles. The zero-order valence-electron chi connectivity index (χ0n) is 18.2. The molecule has 0 radical (unpaired) electrons. The third-order valence-corrected chi connectivity index (χ3v) is 6.24. The number of likely N-dealkylation sites (N-methyl/N-ethyl adjacent to an activating group) is 1. The third kappa shape index (κ3) is 4.27. The number of carbonyl (C=O) groups is 1. The maximum atomic E-state index is 13.5. The molecule has 0 atom stereocenters. The van der Waals surface area contributed by atoms with Gasteiger partial charge in [0, 0.05) is 25.8 Å². The summed E-state index contributed by atoms with van der Waals surface area (Å²) in [4.78, 5) is 22.3. The van der Waals surface area contributed by atoms with E-state index in [4.69, 9.17) is 14.5 Å². The van der Waals surface area contributed by atoms with Gasteiger partial charge in [-0.2, -0.15) is 5.10 Å². The van der Waals surface area contributed by atoms with Crippen molar-refractivity contribution in [2.45, 2.75) is 27.3 Å². The molecule has 8 nitrogen and oxygen atoms in total. The monoisotopic (exact) mass is 431 g/mol. The molecule has 0 unspecified atom stereocenters. The second-order valence-corrected chi connectivity index (χ2v) is 7.64. The maximum absolute atomic E-state index is 13.5. The second-order valence-electron chi connectivity index (χ2n) is 6.66. The van der Waals surface area contributed by atoms with Crippen LogP contribution in [0.5, 0.6) is 11.5 Å². The number of methoxy groups -OCH3 is 2. The molecule has 2 heterocycles. The van der Waals surface area contributed by atoms with E-state index in [0.29, 0.717) is 40.9 Å². The van der Waals surface area contributed by atoms with Crippen LogP contribution < -0.4 is 14.4 Å². The largest absolute Gasteiger partial charge is 0.495 e. The first-order chi connectivity index (χ1) is 14.6. The molecule has 0 aliphatic rings. The Balaban J connectivity index is 2.06. The molecule has 30 heavy (non-hydrogen) atoms. The standard InChI is InChI=1S/C21H29N5O3S/c1-6-24(7-2)13-14-25(20(27)15-11-12-22-26(15)8-3)21-23-18-16(28-4)9-10-17(29-5)19(18)30-21/h9-12H,6-8,13-14H2,1-5H3. The molecule has 0 N–H and O–H groups in total. The lowest BCUT2D eigenvalue weighted by molar-refractivity contribution is 0.0973. The Kier molecular flexibility index (Phi) is 7.28.